The van der Waals surface area contributed by atoms with E-state index in [0.717, 1.165) is 4.57 Å². The van der Waals surface area contributed by atoms with Crippen molar-refractivity contribution in [2.45, 2.75) is 0 Å². The van der Waals surface area contributed by atoms with Gasteiger partial charge in [0.05, 0.1) is 6.20 Å². The van der Waals surface area contributed by atoms with Crippen LogP contribution < -0.4 is 10.5 Å². The number of fused-ring (bicyclic) bond motifs is 3. The Morgan fingerprint density at radius 3 is 3.07 bits per heavy atom. The summed E-state index contributed by atoms with van der Waals surface area (Å²) in [6.07, 6.45) is 1.35. The van der Waals surface area contributed by atoms with E-state index in [-0.39, 0.29) is 5.78 Å². The molecule has 2 heterocycles. The highest BCUT2D eigenvalue weighted by Crippen LogP contribution is 2.11. The van der Waals surface area contributed by atoms with Gasteiger partial charge < -0.3 is 5.21 Å². The van der Waals surface area contributed by atoms with Crippen molar-refractivity contribution in [3.05, 3.63) is 46.2 Å². The van der Waals surface area contributed by atoms with Gasteiger partial charge in [0.15, 0.2) is 5.52 Å². The van der Waals surface area contributed by atoms with Crippen LogP contribution in [0.5, 0.6) is 0 Å². The topological polar surface area (TPSA) is 74.5 Å². The molecule has 0 aliphatic rings. The number of hydrogen-bond acceptors (Lipinski definition) is 4. The molecule has 3 aromatic rings. The zero-order valence-corrected chi connectivity index (χ0v) is 7.45. The van der Waals surface area contributed by atoms with Gasteiger partial charge in [-0.3, -0.25) is 0 Å². The highest BCUT2D eigenvalue weighted by atomic mass is 16.5. The van der Waals surface area contributed by atoms with Gasteiger partial charge in [-0.25, -0.2) is 14.0 Å². The molecule has 6 heteroatoms. The van der Waals surface area contributed by atoms with Crippen molar-refractivity contribution >= 4 is 16.7 Å². The van der Waals surface area contributed by atoms with E-state index in [1.165, 1.54) is 6.20 Å². The van der Waals surface area contributed by atoms with E-state index < -0.39 is 5.76 Å². The second-order valence-electron chi connectivity index (χ2n) is 3.08. The summed E-state index contributed by atoms with van der Waals surface area (Å²) in [5, 5.41) is 12.1. The van der Waals surface area contributed by atoms with Crippen LogP contribution in [0.1, 0.15) is 0 Å². The summed E-state index contributed by atoms with van der Waals surface area (Å²) in [5.41, 5.74) is 0.634. The lowest BCUT2D eigenvalue weighted by Gasteiger charge is -2.03. The maximum Gasteiger partial charge on any atom is 0.551 e. The summed E-state index contributed by atoms with van der Waals surface area (Å²) in [6.45, 7) is 0. The fourth-order valence-corrected chi connectivity index (χ4v) is 1.53. The quantitative estimate of drug-likeness (QED) is 0.383. The van der Waals surface area contributed by atoms with Crippen molar-refractivity contribution in [1.29, 1.82) is 0 Å². The molecular formula is C9H5N3O3. The van der Waals surface area contributed by atoms with Crippen LogP contribution in [0, 0.1) is 5.21 Å². The first-order chi connectivity index (χ1) is 7.25. The molecule has 74 valence electrons. The van der Waals surface area contributed by atoms with Crippen molar-refractivity contribution in [2.75, 3.05) is 0 Å². The fourth-order valence-electron chi connectivity index (χ4n) is 1.53. The molecule has 0 spiro atoms. The average molecular weight is 203 g/mol. The van der Waals surface area contributed by atoms with Crippen LogP contribution >= 0.6 is 0 Å². The minimum Gasteiger partial charge on any atom is -0.740 e. The smallest absolute Gasteiger partial charge is 0.551 e. The van der Waals surface area contributed by atoms with Gasteiger partial charge in [-0.1, -0.05) is 12.1 Å². The van der Waals surface area contributed by atoms with Gasteiger partial charge in [0.25, 0.3) is 0 Å². The first kappa shape index (κ1) is 7.98. The molecular weight excluding hydrogens is 198 g/mol. The summed E-state index contributed by atoms with van der Waals surface area (Å²) in [6, 6.07) is 7.08. The Labute approximate surface area is 82.5 Å². The molecule has 0 saturated carbocycles. The number of aromatic nitrogens is 3. The molecule has 0 unspecified atom stereocenters. The Hall–Kier alpha value is -2.37. The summed E-state index contributed by atoms with van der Waals surface area (Å²) in [4.78, 5) is 14.4. The molecule has 0 aliphatic heterocycles. The van der Waals surface area contributed by atoms with Crippen molar-refractivity contribution < 1.29 is 9.25 Å². The van der Waals surface area contributed by atoms with E-state index in [1.54, 1.807) is 24.3 Å². The minimum atomic E-state index is -0.782. The molecule has 0 bridgehead atoms. The number of benzene rings is 1. The molecule has 0 amide bonds. The SMILES string of the molecule is O=c1nc2n(o1)c1ccccc1c[n+]2[O-]. The minimum absolute atomic E-state index is 0.0568. The van der Waals surface area contributed by atoms with Gasteiger partial charge in [0.2, 0.25) is 0 Å². The third kappa shape index (κ3) is 1.01. The molecule has 0 saturated heterocycles. The highest BCUT2D eigenvalue weighted by Gasteiger charge is 2.15. The molecule has 0 atom stereocenters. The lowest BCUT2D eigenvalue weighted by molar-refractivity contribution is -0.582. The first-order valence-electron chi connectivity index (χ1n) is 4.27. The predicted molar refractivity (Wildman–Crippen MR) is 50.2 cm³/mol. The molecule has 0 fully saturated rings. The highest BCUT2D eigenvalue weighted by molar-refractivity contribution is 5.78. The van der Waals surface area contributed by atoms with E-state index in [2.05, 4.69) is 4.98 Å². The Morgan fingerprint density at radius 1 is 1.40 bits per heavy atom. The van der Waals surface area contributed by atoms with E-state index in [0.29, 0.717) is 15.6 Å². The predicted octanol–water partition coefficient (Wildman–Crippen LogP) is 0.0741. The molecule has 0 N–H and O–H groups in total. The molecule has 0 aliphatic carbocycles. The Balaban J connectivity index is 2.69. The number of para-hydroxylation sites is 1. The molecule has 1 aromatic carbocycles. The Bertz CT molecular complexity index is 713. The first-order valence-corrected chi connectivity index (χ1v) is 4.27. The van der Waals surface area contributed by atoms with E-state index in [9.17, 15) is 10.0 Å². The Kier molecular flexibility index (Phi) is 1.37. The lowest BCUT2D eigenvalue weighted by Crippen LogP contribution is -2.29. The normalized spacial score (nSPS) is 11.2. The van der Waals surface area contributed by atoms with Gasteiger partial charge >= 0.3 is 11.5 Å². The van der Waals surface area contributed by atoms with Gasteiger partial charge in [0.1, 0.15) is 0 Å². The third-order valence-corrected chi connectivity index (χ3v) is 2.15. The van der Waals surface area contributed by atoms with E-state index in [1.807, 2.05) is 0 Å². The molecule has 3 rings (SSSR count). The maximum atomic E-state index is 11.4. The standard InChI is InChI=1S/C9H5N3O3/c13-9-10-8-11(14)5-6-3-1-2-4-7(6)12(8)15-9/h1-5H. The fraction of sp³-hybridized carbons (Fsp3) is 0. The largest absolute Gasteiger partial charge is 0.740 e. The van der Waals surface area contributed by atoms with Crippen molar-refractivity contribution in [3.63, 3.8) is 0 Å². The number of rotatable bonds is 0. The zero-order valence-electron chi connectivity index (χ0n) is 7.45. The van der Waals surface area contributed by atoms with Gasteiger partial charge in [-0.2, -0.15) is 0 Å². The van der Waals surface area contributed by atoms with Gasteiger partial charge in [-0.05, 0) is 16.7 Å². The van der Waals surface area contributed by atoms with Gasteiger partial charge in [0, 0.05) is 10.4 Å². The van der Waals surface area contributed by atoms with Crippen LogP contribution in [-0.2, 0) is 0 Å². The van der Waals surface area contributed by atoms with E-state index in [4.69, 9.17) is 4.52 Å². The molecule has 2 aromatic heterocycles. The van der Waals surface area contributed by atoms with E-state index >= 15 is 0 Å². The van der Waals surface area contributed by atoms with Crippen molar-refractivity contribution in [3.8, 4) is 0 Å². The number of hydrogen-bond donors (Lipinski definition) is 0. The van der Waals surface area contributed by atoms with Crippen molar-refractivity contribution in [2.24, 2.45) is 0 Å². The van der Waals surface area contributed by atoms with Crippen LogP contribution in [0.2, 0.25) is 0 Å². The van der Waals surface area contributed by atoms with Crippen molar-refractivity contribution in [1.82, 2.24) is 9.56 Å². The summed E-state index contributed by atoms with van der Waals surface area (Å²) >= 11 is 0. The summed E-state index contributed by atoms with van der Waals surface area (Å²) in [7, 11) is 0. The van der Waals surface area contributed by atoms with Crippen LogP contribution in [-0.4, -0.2) is 9.56 Å². The van der Waals surface area contributed by atoms with Crippen LogP contribution in [0.3, 0.4) is 0 Å². The Morgan fingerprint density at radius 2 is 2.20 bits per heavy atom. The molecule has 0 radical (unpaired) electrons. The zero-order chi connectivity index (χ0) is 10.4. The lowest BCUT2D eigenvalue weighted by atomic mass is 10.2. The maximum absolute atomic E-state index is 11.4. The average Bonchev–Trinajstić information content (AvgIpc) is 2.61. The molecule has 6 nitrogen and oxygen atoms in total. The third-order valence-electron chi connectivity index (χ3n) is 2.15. The number of nitrogens with zero attached hydrogens (tertiary/aromatic N) is 3. The monoisotopic (exact) mass is 203 g/mol. The van der Waals surface area contributed by atoms with Crippen LogP contribution in [0.4, 0.5) is 0 Å². The second-order valence-corrected chi connectivity index (χ2v) is 3.08. The van der Waals surface area contributed by atoms with Crippen LogP contribution in [0.25, 0.3) is 16.7 Å². The summed E-state index contributed by atoms with van der Waals surface area (Å²) in [5.74, 6) is -0.838. The second kappa shape index (κ2) is 2.57. The van der Waals surface area contributed by atoms with Gasteiger partial charge in [-0.15, -0.1) is 0 Å². The molecule has 15 heavy (non-hydrogen) atoms. The summed E-state index contributed by atoms with van der Waals surface area (Å²) < 4.78 is 6.43. The van der Waals surface area contributed by atoms with Crippen LogP contribution in [0.15, 0.2) is 39.8 Å².